The Bertz CT molecular complexity index is 720. The molecule has 2 aromatic rings. The van der Waals surface area contributed by atoms with Crippen molar-refractivity contribution < 1.29 is 9.53 Å². The minimum Gasteiger partial charge on any atom is -0.494 e. The molecule has 1 amide bonds. The Hall–Kier alpha value is -1.99. The monoisotopic (exact) mass is 393 g/mol. The highest BCUT2D eigenvalue weighted by Gasteiger charge is 2.09. The van der Waals surface area contributed by atoms with Crippen molar-refractivity contribution in [1.82, 2.24) is 10.3 Å². The molecule has 0 radical (unpaired) electrons. The summed E-state index contributed by atoms with van der Waals surface area (Å²) in [6.07, 6.45) is 0. The van der Waals surface area contributed by atoms with Gasteiger partial charge in [-0.25, -0.2) is 4.98 Å². The summed E-state index contributed by atoms with van der Waals surface area (Å²) < 4.78 is 6.25. The van der Waals surface area contributed by atoms with Gasteiger partial charge in [0.2, 0.25) is 0 Å². The van der Waals surface area contributed by atoms with Gasteiger partial charge in [0, 0.05) is 10.0 Å². The minimum atomic E-state index is -0.292. The predicted octanol–water partition coefficient (Wildman–Crippen LogP) is 3.68. The largest absolute Gasteiger partial charge is 0.494 e. The molecule has 7 heteroatoms. The fourth-order valence-electron chi connectivity index (χ4n) is 1.81. The fourth-order valence-corrected chi connectivity index (χ4v) is 2.22. The Balaban J connectivity index is 1.96. The van der Waals surface area contributed by atoms with E-state index in [1.54, 1.807) is 30.3 Å². The lowest BCUT2D eigenvalue weighted by Gasteiger charge is -2.10. The first-order chi connectivity index (χ1) is 11.0. The van der Waals surface area contributed by atoms with Gasteiger partial charge in [-0.3, -0.25) is 10.1 Å². The Morgan fingerprint density at radius 3 is 2.57 bits per heavy atom. The molecule has 0 fully saturated rings. The molecule has 2 rings (SSSR count). The molecule has 0 unspecified atom stereocenters. The van der Waals surface area contributed by atoms with Crippen molar-refractivity contribution in [3.05, 3.63) is 52.1 Å². The van der Waals surface area contributed by atoms with Gasteiger partial charge < -0.3 is 10.1 Å². The lowest BCUT2D eigenvalue weighted by Crippen LogP contribution is -2.34. The Morgan fingerprint density at radius 1 is 1.26 bits per heavy atom. The van der Waals surface area contributed by atoms with E-state index in [0.29, 0.717) is 18.0 Å². The van der Waals surface area contributed by atoms with Crippen LogP contribution in [0.3, 0.4) is 0 Å². The average molecular weight is 394 g/mol. The van der Waals surface area contributed by atoms with Crippen LogP contribution in [0.1, 0.15) is 23.0 Å². The number of rotatable bonds is 4. The van der Waals surface area contributed by atoms with E-state index < -0.39 is 0 Å². The first-order valence-electron chi connectivity index (χ1n) is 6.98. The van der Waals surface area contributed by atoms with E-state index in [1.807, 2.05) is 19.9 Å². The second kappa shape index (κ2) is 8.03. The molecular weight excluding hydrogens is 378 g/mol. The fraction of sp³-hybridized carbons (Fsp3) is 0.188. The zero-order chi connectivity index (χ0) is 16.8. The molecule has 0 atom stereocenters. The summed E-state index contributed by atoms with van der Waals surface area (Å²) in [5.41, 5.74) is 1.33. The molecule has 0 saturated carbocycles. The predicted molar refractivity (Wildman–Crippen MR) is 98.0 cm³/mol. The number of nitrogens with one attached hydrogen (secondary N) is 2. The lowest BCUT2D eigenvalue weighted by molar-refractivity contribution is 0.0977. The van der Waals surface area contributed by atoms with Crippen LogP contribution in [-0.4, -0.2) is 22.6 Å². The van der Waals surface area contributed by atoms with E-state index in [4.69, 9.17) is 17.0 Å². The van der Waals surface area contributed by atoms with Crippen molar-refractivity contribution >= 4 is 45.0 Å². The lowest BCUT2D eigenvalue weighted by atomic mass is 10.2. The third-order valence-corrected chi connectivity index (χ3v) is 3.96. The van der Waals surface area contributed by atoms with E-state index >= 15 is 0 Å². The first-order valence-corrected chi connectivity index (χ1v) is 8.18. The van der Waals surface area contributed by atoms with Gasteiger partial charge in [-0.1, -0.05) is 0 Å². The van der Waals surface area contributed by atoms with Crippen LogP contribution in [0, 0.1) is 6.92 Å². The summed E-state index contributed by atoms with van der Waals surface area (Å²) >= 11 is 8.52. The summed E-state index contributed by atoms with van der Waals surface area (Å²) in [5, 5.41) is 5.70. The zero-order valence-corrected chi connectivity index (χ0v) is 15.1. The Morgan fingerprint density at radius 2 is 1.96 bits per heavy atom. The second-order valence-corrected chi connectivity index (χ2v) is 5.89. The SMILES string of the molecule is CCOc1ccc(C(=O)NC(=S)Nc2ccc(Br)c(C)n2)cc1. The number of benzene rings is 1. The number of thiocarbonyl (C=S) groups is 1. The number of hydrogen-bond donors (Lipinski definition) is 2. The molecule has 2 N–H and O–H groups in total. The molecule has 0 spiro atoms. The van der Waals surface area contributed by atoms with Gasteiger partial charge >= 0.3 is 0 Å². The number of pyridine rings is 1. The number of halogens is 1. The molecule has 1 heterocycles. The number of ether oxygens (including phenoxy) is 1. The number of carbonyl (C=O) groups excluding carboxylic acids is 1. The third-order valence-electron chi connectivity index (χ3n) is 2.92. The molecule has 0 aliphatic heterocycles. The Kier molecular flexibility index (Phi) is 6.06. The summed E-state index contributed by atoms with van der Waals surface area (Å²) in [6.45, 7) is 4.36. The van der Waals surface area contributed by atoms with Crippen LogP contribution in [0.25, 0.3) is 0 Å². The zero-order valence-electron chi connectivity index (χ0n) is 12.7. The number of carbonyl (C=O) groups is 1. The van der Waals surface area contributed by atoms with Gasteiger partial charge in [0.05, 0.1) is 12.3 Å². The average Bonchev–Trinajstić information content (AvgIpc) is 2.52. The second-order valence-electron chi connectivity index (χ2n) is 4.63. The molecule has 23 heavy (non-hydrogen) atoms. The van der Waals surface area contributed by atoms with Gasteiger partial charge in [-0.2, -0.15) is 0 Å². The van der Waals surface area contributed by atoms with Gasteiger partial charge in [0.25, 0.3) is 5.91 Å². The Labute approximate surface area is 148 Å². The summed E-state index contributed by atoms with van der Waals surface area (Å²) in [5.74, 6) is 1.00. The molecule has 0 aliphatic rings. The van der Waals surface area contributed by atoms with E-state index in [-0.39, 0.29) is 11.0 Å². The van der Waals surface area contributed by atoms with E-state index in [0.717, 1.165) is 15.9 Å². The molecule has 0 saturated heterocycles. The quantitative estimate of drug-likeness (QED) is 0.775. The smallest absolute Gasteiger partial charge is 0.257 e. The summed E-state index contributed by atoms with van der Waals surface area (Å²) in [4.78, 5) is 16.4. The van der Waals surface area contributed by atoms with Crippen molar-refractivity contribution in [2.45, 2.75) is 13.8 Å². The highest BCUT2D eigenvalue weighted by atomic mass is 79.9. The van der Waals surface area contributed by atoms with Crippen LogP contribution in [0.2, 0.25) is 0 Å². The van der Waals surface area contributed by atoms with Gasteiger partial charge in [0.1, 0.15) is 11.6 Å². The first kappa shape index (κ1) is 17.4. The van der Waals surface area contributed by atoms with Crippen LogP contribution in [0.5, 0.6) is 5.75 Å². The van der Waals surface area contributed by atoms with Crippen molar-refractivity contribution in [1.29, 1.82) is 0 Å². The molecule has 0 bridgehead atoms. The van der Waals surface area contributed by atoms with Gasteiger partial charge in [0.15, 0.2) is 5.11 Å². The number of anilines is 1. The van der Waals surface area contributed by atoms with Crippen molar-refractivity contribution in [2.24, 2.45) is 0 Å². The van der Waals surface area contributed by atoms with Crippen LogP contribution in [-0.2, 0) is 0 Å². The molecule has 1 aromatic carbocycles. The molecule has 120 valence electrons. The number of amides is 1. The standard InChI is InChI=1S/C16H16BrN3O2S/c1-3-22-12-6-4-11(5-7-12)15(21)20-16(23)19-14-9-8-13(17)10(2)18-14/h4-9H,3H2,1-2H3,(H2,18,19,20,21,23). The molecular formula is C16H16BrN3O2S. The third kappa shape index (κ3) is 5.01. The molecule has 1 aromatic heterocycles. The molecule has 0 aliphatic carbocycles. The van der Waals surface area contributed by atoms with Gasteiger partial charge in [-0.05, 0) is 78.4 Å². The highest BCUT2D eigenvalue weighted by molar-refractivity contribution is 9.10. The maximum Gasteiger partial charge on any atom is 0.257 e. The highest BCUT2D eigenvalue weighted by Crippen LogP contribution is 2.16. The maximum atomic E-state index is 12.1. The summed E-state index contributed by atoms with van der Waals surface area (Å²) in [7, 11) is 0. The summed E-state index contributed by atoms with van der Waals surface area (Å²) in [6, 6.07) is 10.5. The maximum absolute atomic E-state index is 12.1. The van der Waals surface area contributed by atoms with E-state index in [2.05, 4.69) is 31.5 Å². The van der Waals surface area contributed by atoms with Crippen molar-refractivity contribution in [3.63, 3.8) is 0 Å². The number of aryl methyl sites for hydroxylation is 1. The topological polar surface area (TPSA) is 63.2 Å². The van der Waals surface area contributed by atoms with Crippen molar-refractivity contribution in [2.75, 3.05) is 11.9 Å². The van der Waals surface area contributed by atoms with Crippen LogP contribution >= 0.6 is 28.1 Å². The number of nitrogens with zero attached hydrogens (tertiary/aromatic N) is 1. The van der Waals surface area contributed by atoms with Gasteiger partial charge in [-0.15, -0.1) is 0 Å². The number of aromatic nitrogens is 1. The van der Waals surface area contributed by atoms with E-state index in [1.165, 1.54) is 0 Å². The van der Waals surface area contributed by atoms with Crippen LogP contribution in [0.4, 0.5) is 5.82 Å². The normalized spacial score (nSPS) is 10.0. The number of hydrogen-bond acceptors (Lipinski definition) is 4. The van der Waals surface area contributed by atoms with Crippen molar-refractivity contribution in [3.8, 4) is 5.75 Å². The van der Waals surface area contributed by atoms with Crippen LogP contribution < -0.4 is 15.4 Å². The van der Waals surface area contributed by atoms with E-state index in [9.17, 15) is 4.79 Å². The van der Waals surface area contributed by atoms with Crippen LogP contribution in [0.15, 0.2) is 40.9 Å². The molecule has 5 nitrogen and oxygen atoms in total. The minimum absolute atomic E-state index is 0.193.